The van der Waals surface area contributed by atoms with E-state index < -0.39 is 0 Å². The molecule has 0 aliphatic rings. The van der Waals surface area contributed by atoms with Gasteiger partial charge in [-0.25, -0.2) is 0 Å². The van der Waals surface area contributed by atoms with E-state index in [1.807, 2.05) is 0 Å². The molecule has 0 aliphatic carbocycles. The summed E-state index contributed by atoms with van der Waals surface area (Å²) in [6.07, 6.45) is 0. The van der Waals surface area contributed by atoms with Gasteiger partial charge in [-0.15, -0.1) is 0 Å². The molecule has 3 heteroatoms. The van der Waals surface area contributed by atoms with Crippen molar-refractivity contribution in [3.63, 3.8) is 0 Å². The van der Waals surface area contributed by atoms with Crippen LogP contribution >= 0.6 is 15.1 Å². The van der Waals surface area contributed by atoms with Crippen molar-refractivity contribution in [3.8, 4) is 0 Å². The van der Waals surface area contributed by atoms with Crippen molar-refractivity contribution in [2.45, 2.75) is 41.5 Å². The zero-order chi connectivity index (χ0) is 14.0. The van der Waals surface area contributed by atoms with Crippen LogP contribution in [0.2, 0.25) is 0 Å². The van der Waals surface area contributed by atoms with Gasteiger partial charge in [0.15, 0.2) is 0 Å². The Morgan fingerprint density at radius 2 is 0.895 bits per heavy atom. The molecule has 0 N–H and O–H groups in total. The first kappa shape index (κ1) is 19.4. The second kappa shape index (κ2) is 8.03. The number of hydrogen-bond acceptors (Lipinski definition) is 0. The monoisotopic (exact) mass is 368 g/mol. The summed E-state index contributed by atoms with van der Waals surface area (Å²) in [5, 5.41) is 3.09. The zero-order valence-corrected chi connectivity index (χ0v) is 17.6. The standard InChI is InChI=1S/2C8H12P.Zr/c2*1-6-5-9(4)8(3)7(6)2;/h2*1-4H3;/q2*-1;+2. The average Bonchev–Trinajstić information content (AvgIpc) is 2.66. The van der Waals surface area contributed by atoms with Crippen molar-refractivity contribution >= 4 is 15.1 Å². The first-order valence-corrected chi connectivity index (χ1v) is 9.87. The van der Waals surface area contributed by atoms with Gasteiger partial charge in [0.1, 0.15) is 0 Å². The molecule has 0 spiro atoms. The van der Waals surface area contributed by atoms with E-state index in [1.54, 1.807) is 10.6 Å². The van der Waals surface area contributed by atoms with Gasteiger partial charge in [-0.2, -0.15) is 44.4 Å². The van der Waals surface area contributed by atoms with Crippen LogP contribution in [-0.4, -0.2) is 0 Å². The topological polar surface area (TPSA) is 0 Å². The van der Waals surface area contributed by atoms with Gasteiger partial charge in [-0.3, -0.25) is 15.1 Å². The zero-order valence-electron chi connectivity index (χ0n) is 13.4. The predicted molar refractivity (Wildman–Crippen MR) is 86.4 cm³/mol. The van der Waals surface area contributed by atoms with Crippen LogP contribution in [0, 0.1) is 53.1 Å². The Morgan fingerprint density at radius 3 is 0.947 bits per heavy atom. The maximum Gasteiger partial charge on any atom is 2.00 e. The molecule has 2 rings (SSSR count). The van der Waals surface area contributed by atoms with E-state index >= 15 is 0 Å². The molecular weight excluding hydrogens is 345 g/mol. The fourth-order valence-corrected chi connectivity index (χ4v) is 4.90. The second-order valence-corrected chi connectivity index (χ2v) is 9.04. The molecule has 2 aromatic heterocycles. The van der Waals surface area contributed by atoms with E-state index in [0.717, 1.165) is 0 Å². The van der Waals surface area contributed by atoms with Gasteiger partial charge in [0.05, 0.1) is 0 Å². The fourth-order valence-electron chi connectivity index (χ4n) is 1.88. The summed E-state index contributed by atoms with van der Waals surface area (Å²) in [5.74, 6) is 6.85. The van der Waals surface area contributed by atoms with Crippen LogP contribution in [-0.2, 0) is 39.5 Å². The van der Waals surface area contributed by atoms with Crippen LogP contribution in [0.3, 0.4) is 0 Å². The van der Waals surface area contributed by atoms with Crippen LogP contribution in [0.5, 0.6) is 0 Å². The van der Waals surface area contributed by atoms with Crippen LogP contribution in [0.15, 0.2) is 0 Å². The normalized spacial score (nSPS) is 11.6. The summed E-state index contributed by atoms with van der Waals surface area (Å²) in [6.45, 7) is 17.6. The first-order chi connectivity index (χ1) is 8.25. The Balaban J connectivity index is 0.000000324. The van der Waals surface area contributed by atoms with Crippen LogP contribution < -0.4 is 0 Å². The Kier molecular flexibility index (Phi) is 8.21. The molecular formula is C16H24P2Zr. The number of hydrogen-bond donors (Lipinski definition) is 0. The second-order valence-electron chi connectivity index (χ2n) is 5.01. The molecule has 2 unspecified atom stereocenters. The van der Waals surface area contributed by atoms with Crippen molar-refractivity contribution in [2.75, 3.05) is 0 Å². The van der Waals surface area contributed by atoms with Gasteiger partial charge < -0.3 is 0 Å². The Hall–Kier alpha value is 0.443. The minimum Gasteiger partial charge on any atom is -0.255 e. The maximum absolute atomic E-state index is 3.42. The smallest absolute Gasteiger partial charge is 0.255 e. The molecule has 2 atom stereocenters. The summed E-state index contributed by atoms with van der Waals surface area (Å²) >= 11 is 0. The third-order valence-corrected chi connectivity index (χ3v) is 7.91. The van der Waals surface area contributed by atoms with Gasteiger partial charge in [0, 0.05) is 0 Å². The van der Waals surface area contributed by atoms with Gasteiger partial charge in [0.2, 0.25) is 0 Å². The van der Waals surface area contributed by atoms with E-state index in [2.05, 4.69) is 66.5 Å². The molecule has 0 saturated carbocycles. The van der Waals surface area contributed by atoms with Crippen LogP contribution in [0.4, 0.5) is 0 Å². The number of rotatable bonds is 0. The Labute approximate surface area is 140 Å². The molecule has 0 nitrogen and oxygen atoms in total. The quantitative estimate of drug-likeness (QED) is 0.510. The molecule has 102 valence electrons. The van der Waals surface area contributed by atoms with Crippen LogP contribution in [0.1, 0.15) is 32.8 Å². The molecule has 2 heterocycles. The summed E-state index contributed by atoms with van der Waals surface area (Å²) < 4.78 is 0. The van der Waals surface area contributed by atoms with E-state index in [9.17, 15) is 0 Å². The minimum atomic E-state index is -0.0123. The van der Waals surface area contributed by atoms with Crippen molar-refractivity contribution in [2.24, 2.45) is 13.3 Å². The number of aryl methyl sites for hydroxylation is 4. The van der Waals surface area contributed by atoms with E-state index in [-0.39, 0.29) is 41.3 Å². The molecule has 0 saturated heterocycles. The largest absolute Gasteiger partial charge is 2.00 e. The van der Waals surface area contributed by atoms with Crippen molar-refractivity contribution in [1.82, 2.24) is 0 Å². The molecule has 0 aromatic carbocycles. The molecule has 0 radical (unpaired) electrons. The van der Waals surface area contributed by atoms with E-state index in [0.29, 0.717) is 0 Å². The van der Waals surface area contributed by atoms with Crippen LogP contribution in [0.25, 0.3) is 0 Å². The fraction of sp³-hybridized carbons (Fsp3) is 0.500. The predicted octanol–water partition coefficient (Wildman–Crippen LogP) is 5.87. The molecule has 2 aromatic rings. The van der Waals surface area contributed by atoms with Gasteiger partial charge in [-0.05, 0) is 13.3 Å². The summed E-state index contributed by atoms with van der Waals surface area (Å²) in [4.78, 5) is 0. The third kappa shape index (κ3) is 4.74. The molecule has 0 aliphatic heterocycles. The Morgan fingerprint density at radius 1 is 0.632 bits per heavy atom. The summed E-state index contributed by atoms with van der Waals surface area (Å²) in [7, 11) is -0.0247. The molecule has 0 fully saturated rings. The summed E-state index contributed by atoms with van der Waals surface area (Å²) in [6, 6.07) is 0. The van der Waals surface area contributed by atoms with Crippen molar-refractivity contribution < 1.29 is 26.2 Å². The first-order valence-electron chi connectivity index (χ1n) is 6.29. The Bertz CT molecular complexity index is 452. The third-order valence-electron chi connectivity index (χ3n) is 3.89. The van der Waals surface area contributed by atoms with Crippen molar-refractivity contribution in [1.29, 1.82) is 0 Å². The maximum atomic E-state index is 3.42. The van der Waals surface area contributed by atoms with E-state index in [4.69, 9.17) is 0 Å². The van der Waals surface area contributed by atoms with Gasteiger partial charge >= 0.3 is 26.2 Å². The minimum absolute atomic E-state index is 0. The SMILES string of the molecule is Cc1[c-]p(C)c(C)c1C.Cc1[c-]p(C)c(C)c1C.[Zr+2]. The molecule has 0 bridgehead atoms. The average molecular weight is 370 g/mol. The van der Waals surface area contributed by atoms with Gasteiger partial charge in [-0.1, -0.05) is 41.5 Å². The molecule has 19 heavy (non-hydrogen) atoms. The molecule has 0 amide bonds. The van der Waals surface area contributed by atoms with Crippen molar-refractivity contribution in [3.05, 3.63) is 44.4 Å². The van der Waals surface area contributed by atoms with E-state index in [1.165, 1.54) is 22.3 Å². The van der Waals surface area contributed by atoms with Gasteiger partial charge in [0.25, 0.3) is 0 Å². The summed E-state index contributed by atoms with van der Waals surface area (Å²) in [5.41, 5.74) is 5.65.